The molecule has 1 aliphatic heterocycles. The van der Waals surface area contributed by atoms with E-state index in [1.807, 2.05) is 0 Å². The Hall–Kier alpha value is -0.130. The topological polar surface area (TPSA) is 49.4 Å². The fourth-order valence-corrected chi connectivity index (χ4v) is 3.31. The monoisotopic (exact) mass is 290 g/mol. The summed E-state index contributed by atoms with van der Waals surface area (Å²) in [5, 5.41) is 3.64. The van der Waals surface area contributed by atoms with E-state index in [0.29, 0.717) is 17.7 Å². The van der Waals surface area contributed by atoms with Gasteiger partial charge in [-0.2, -0.15) is 0 Å². The van der Waals surface area contributed by atoms with Crippen LogP contribution in [0.4, 0.5) is 0 Å². The number of rotatable bonds is 6. The molecule has 1 N–H and O–H groups in total. The third kappa shape index (κ3) is 5.04. The summed E-state index contributed by atoms with van der Waals surface area (Å²) in [7, 11) is -2.84. The zero-order valence-electron chi connectivity index (χ0n) is 13.1. The van der Waals surface area contributed by atoms with Crippen LogP contribution >= 0.6 is 0 Å². The van der Waals surface area contributed by atoms with Gasteiger partial charge in [0.2, 0.25) is 0 Å². The molecule has 1 aliphatic rings. The molecule has 114 valence electrons. The predicted molar refractivity (Wildman–Crippen MR) is 81.2 cm³/mol. The van der Waals surface area contributed by atoms with E-state index in [1.54, 1.807) is 0 Å². The zero-order valence-corrected chi connectivity index (χ0v) is 13.9. The fourth-order valence-electron chi connectivity index (χ4n) is 2.66. The van der Waals surface area contributed by atoms with Crippen LogP contribution in [0.25, 0.3) is 0 Å². The van der Waals surface area contributed by atoms with Crippen LogP contribution in [0.3, 0.4) is 0 Å². The standard InChI is InChI=1S/C14H30N2O2S/c1-6-14(4)11-15-13(12(2)3)10-16(14)8-7-9-19(5,17)18/h12-13,15H,6-11H2,1-5H3. The molecule has 0 amide bonds. The first-order valence-corrected chi connectivity index (χ1v) is 9.40. The second kappa shape index (κ2) is 6.55. The Morgan fingerprint density at radius 3 is 2.53 bits per heavy atom. The first-order chi connectivity index (χ1) is 8.68. The fraction of sp³-hybridized carbons (Fsp3) is 1.00. The van der Waals surface area contributed by atoms with Crippen molar-refractivity contribution in [2.24, 2.45) is 5.92 Å². The third-order valence-corrected chi connectivity index (χ3v) is 5.47. The third-order valence-electron chi connectivity index (χ3n) is 4.44. The van der Waals surface area contributed by atoms with Crippen LogP contribution in [-0.2, 0) is 9.84 Å². The Kier molecular flexibility index (Phi) is 5.83. The molecule has 2 atom stereocenters. The van der Waals surface area contributed by atoms with Gasteiger partial charge in [0.1, 0.15) is 9.84 Å². The molecule has 0 aromatic rings. The van der Waals surface area contributed by atoms with Gasteiger partial charge in [-0.3, -0.25) is 4.90 Å². The van der Waals surface area contributed by atoms with Crippen molar-refractivity contribution in [2.45, 2.75) is 52.1 Å². The second-order valence-corrected chi connectivity index (χ2v) is 8.77. The highest BCUT2D eigenvalue weighted by Gasteiger charge is 2.36. The summed E-state index contributed by atoms with van der Waals surface area (Å²) in [4.78, 5) is 2.49. The van der Waals surface area contributed by atoms with Gasteiger partial charge in [0.25, 0.3) is 0 Å². The Balaban J connectivity index is 2.62. The first-order valence-electron chi connectivity index (χ1n) is 7.34. The van der Waals surface area contributed by atoms with Crippen LogP contribution in [0.1, 0.15) is 40.5 Å². The lowest BCUT2D eigenvalue weighted by Gasteiger charge is -2.49. The smallest absolute Gasteiger partial charge is 0.147 e. The molecule has 0 saturated carbocycles. The molecule has 0 spiro atoms. The van der Waals surface area contributed by atoms with Gasteiger partial charge in [0.05, 0.1) is 5.75 Å². The largest absolute Gasteiger partial charge is 0.311 e. The summed E-state index contributed by atoms with van der Waals surface area (Å²) in [6, 6.07) is 0.512. The molecule has 1 saturated heterocycles. The van der Waals surface area contributed by atoms with Crippen LogP contribution in [0.5, 0.6) is 0 Å². The Bertz CT molecular complexity index is 381. The molecule has 0 bridgehead atoms. The summed E-state index contributed by atoms with van der Waals surface area (Å²) in [6.45, 7) is 11.8. The maximum atomic E-state index is 11.2. The highest BCUT2D eigenvalue weighted by atomic mass is 32.2. The van der Waals surface area contributed by atoms with Gasteiger partial charge < -0.3 is 5.32 Å². The van der Waals surface area contributed by atoms with Crippen molar-refractivity contribution in [1.82, 2.24) is 10.2 Å². The van der Waals surface area contributed by atoms with E-state index >= 15 is 0 Å². The van der Waals surface area contributed by atoms with Crippen molar-refractivity contribution in [3.05, 3.63) is 0 Å². The number of nitrogens with one attached hydrogen (secondary N) is 1. The van der Waals surface area contributed by atoms with Crippen molar-refractivity contribution in [1.29, 1.82) is 0 Å². The summed E-state index contributed by atoms with van der Waals surface area (Å²) in [5.41, 5.74) is 0.156. The average molecular weight is 290 g/mol. The van der Waals surface area contributed by atoms with Crippen LogP contribution in [0.15, 0.2) is 0 Å². The number of piperazine rings is 1. The van der Waals surface area contributed by atoms with Gasteiger partial charge in [0, 0.05) is 30.9 Å². The van der Waals surface area contributed by atoms with Crippen LogP contribution < -0.4 is 5.32 Å². The molecule has 5 heteroatoms. The van der Waals surface area contributed by atoms with Crippen LogP contribution in [-0.4, -0.2) is 56.5 Å². The molecular weight excluding hydrogens is 260 g/mol. The molecule has 0 radical (unpaired) electrons. The normalized spacial score (nSPS) is 29.9. The lowest BCUT2D eigenvalue weighted by molar-refractivity contribution is 0.0390. The molecule has 1 rings (SSSR count). The quantitative estimate of drug-likeness (QED) is 0.806. The zero-order chi connectivity index (χ0) is 14.7. The van der Waals surface area contributed by atoms with E-state index in [-0.39, 0.29) is 5.54 Å². The SMILES string of the molecule is CCC1(C)CNC(C(C)C)CN1CCCS(C)(=O)=O. The van der Waals surface area contributed by atoms with Crippen molar-refractivity contribution in [3.63, 3.8) is 0 Å². The van der Waals surface area contributed by atoms with Crippen LogP contribution in [0, 0.1) is 5.92 Å². The van der Waals surface area contributed by atoms with Gasteiger partial charge in [-0.1, -0.05) is 20.8 Å². The minimum Gasteiger partial charge on any atom is -0.311 e. The minimum atomic E-state index is -2.84. The lowest BCUT2D eigenvalue weighted by atomic mass is 9.89. The van der Waals surface area contributed by atoms with Crippen molar-refractivity contribution in [3.8, 4) is 0 Å². The van der Waals surface area contributed by atoms with E-state index in [2.05, 4.69) is 37.9 Å². The van der Waals surface area contributed by atoms with Gasteiger partial charge in [-0.05, 0) is 32.2 Å². The van der Waals surface area contributed by atoms with Crippen molar-refractivity contribution < 1.29 is 8.42 Å². The molecule has 0 aliphatic carbocycles. The minimum absolute atomic E-state index is 0.156. The maximum absolute atomic E-state index is 11.2. The van der Waals surface area contributed by atoms with E-state index < -0.39 is 9.84 Å². The maximum Gasteiger partial charge on any atom is 0.147 e. The molecule has 0 aromatic carbocycles. The van der Waals surface area contributed by atoms with Gasteiger partial charge >= 0.3 is 0 Å². The Morgan fingerprint density at radius 1 is 1.42 bits per heavy atom. The van der Waals surface area contributed by atoms with E-state index in [9.17, 15) is 8.42 Å². The Morgan fingerprint density at radius 2 is 2.05 bits per heavy atom. The summed E-state index contributed by atoms with van der Waals surface area (Å²) >= 11 is 0. The van der Waals surface area contributed by atoms with Gasteiger partial charge in [-0.15, -0.1) is 0 Å². The highest BCUT2D eigenvalue weighted by molar-refractivity contribution is 7.90. The lowest BCUT2D eigenvalue weighted by Crippen LogP contribution is -2.64. The molecular formula is C14H30N2O2S. The summed E-state index contributed by atoms with van der Waals surface area (Å²) in [5.74, 6) is 0.905. The first kappa shape index (κ1) is 16.9. The average Bonchev–Trinajstić information content (AvgIpc) is 2.29. The summed E-state index contributed by atoms with van der Waals surface area (Å²) < 4.78 is 22.5. The van der Waals surface area contributed by atoms with E-state index in [4.69, 9.17) is 0 Å². The van der Waals surface area contributed by atoms with Gasteiger partial charge in [-0.25, -0.2) is 8.42 Å². The predicted octanol–water partition coefficient (Wildman–Crippen LogP) is 1.52. The number of hydrogen-bond donors (Lipinski definition) is 1. The molecule has 1 fully saturated rings. The molecule has 0 aromatic heterocycles. The highest BCUT2D eigenvalue weighted by Crippen LogP contribution is 2.25. The molecule has 2 unspecified atom stereocenters. The summed E-state index contributed by atoms with van der Waals surface area (Å²) in [6.07, 6.45) is 3.14. The number of hydrogen-bond acceptors (Lipinski definition) is 4. The molecule has 19 heavy (non-hydrogen) atoms. The Labute approximate surface area is 118 Å². The number of nitrogens with zero attached hydrogens (tertiary/aromatic N) is 1. The van der Waals surface area contributed by atoms with Gasteiger partial charge in [0.15, 0.2) is 0 Å². The number of sulfone groups is 1. The van der Waals surface area contributed by atoms with E-state index in [1.165, 1.54) is 6.26 Å². The van der Waals surface area contributed by atoms with Crippen LogP contribution in [0.2, 0.25) is 0 Å². The van der Waals surface area contributed by atoms with Crippen molar-refractivity contribution in [2.75, 3.05) is 31.6 Å². The molecule has 4 nitrogen and oxygen atoms in total. The van der Waals surface area contributed by atoms with Crippen molar-refractivity contribution >= 4 is 9.84 Å². The second-order valence-electron chi connectivity index (χ2n) is 6.51. The van der Waals surface area contributed by atoms with E-state index in [0.717, 1.165) is 32.5 Å². The molecule has 1 heterocycles.